The lowest BCUT2D eigenvalue weighted by Gasteiger charge is -2.40. The summed E-state index contributed by atoms with van der Waals surface area (Å²) < 4.78 is 7.65. The average molecular weight is 339 g/mol. The molecule has 7 nitrogen and oxygen atoms in total. The minimum Gasteiger partial charge on any atom is -0.367 e. The van der Waals surface area contributed by atoms with Gasteiger partial charge >= 0.3 is 6.03 Å². The monoisotopic (exact) mass is 339 g/mol. The first-order valence-corrected chi connectivity index (χ1v) is 8.15. The number of ether oxygens (including phenoxy) is 1. The van der Waals surface area contributed by atoms with Gasteiger partial charge in [0.25, 0.3) is 0 Å². The van der Waals surface area contributed by atoms with Crippen LogP contribution in [-0.2, 0) is 23.9 Å². The van der Waals surface area contributed by atoms with E-state index >= 15 is 0 Å². The Morgan fingerprint density at radius 2 is 2.36 bits per heavy atom. The predicted molar refractivity (Wildman–Crippen MR) is 91.5 cm³/mol. The summed E-state index contributed by atoms with van der Waals surface area (Å²) >= 11 is 0. The molecule has 130 valence electrons. The molecule has 1 atom stereocenters. The zero-order valence-corrected chi connectivity index (χ0v) is 14.4. The second-order valence-corrected chi connectivity index (χ2v) is 6.37. The number of rotatable bonds is 3. The van der Waals surface area contributed by atoms with E-state index in [-0.39, 0.29) is 6.03 Å². The fraction of sp³-hybridized carbons (Fsp3) is 0.389. The molecule has 2 amide bonds. The summed E-state index contributed by atoms with van der Waals surface area (Å²) in [6.07, 6.45) is 3.68. The minimum absolute atomic E-state index is 0.138. The molecule has 0 unspecified atom stereocenters. The maximum Gasteiger partial charge on any atom is 0.317 e. The molecule has 0 aliphatic carbocycles. The first-order valence-electron chi connectivity index (χ1n) is 8.15. The van der Waals surface area contributed by atoms with Crippen LogP contribution in [0.25, 0.3) is 0 Å². The molecule has 1 saturated heterocycles. The smallest absolute Gasteiger partial charge is 0.317 e. The fourth-order valence-electron chi connectivity index (χ4n) is 2.95. The summed E-state index contributed by atoms with van der Waals surface area (Å²) in [6, 6.07) is 9.19. The van der Waals surface area contributed by atoms with Crippen LogP contribution in [0.3, 0.4) is 0 Å². The lowest BCUT2D eigenvalue weighted by atomic mass is 9.97. The number of carbonyl (C=O) groups excluding carboxylic acids is 1. The van der Waals surface area contributed by atoms with Crippen molar-refractivity contribution in [1.82, 2.24) is 20.0 Å². The Bertz CT molecular complexity index is 810. The maximum absolute atomic E-state index is 12.5. The number of nitrogens with one attached hydrogen (secondary N) is 1. The van der Waals surface area contributed by atoms with Crippen LogP contribution in [-0.4, -0.2) is 40.4 Å². The number of morpholine rings is 1. The highest BCUT2D eigenvalue weighted by molar-refractivity contribution is 5.74. The third-order valence-corrected chi connectivity index (χ3v) is 4.38. The molecule has 3 rings (SSSR count). The lowest BCUT2D eigenvalue weighted by Crippen LogP contribution is -2.53. The van der Waals surface area contributed by atoms with Gasteiger partial charge in [0.15, 0.2) is 0 Å². The number of hydrogen-bond acceptors (Lipinski definition) is 4. The van der Waals surface area contributed by atoms with E-state index < -0.39 is 5.60 Å². The Morgan fingerprint density at radius 3 is 3.08 bits per heavy atom. The van der Waals surface area contributed by atoms with Gasteiger partial charge in [0, 0.05) is 31.9 Å². The van der Waals surface area contributed by atoms with Gasteiger partial charge in [0.05, 0.1) is 31.0 Å². The Morgan fingerprint density at radius 1 is 1.52 bits per heavy atom. The number of nitrogens with zero attached hydrogens (tertiary/aromatic N) is 4. The van der Waals surface area contributed by atoms with Gasteiger partial charge in [0.1, 0.15) is 5.60 Å². The zero-order valence-electron chi connectivity index (χ0n) is 14.4. The second-order valence-electron chi connectivity index (χ2n) is 6.37. The lowest BCUT2D eigenvalue weighted by molar-refractivity contribution is -0.0907. The Kier molecular flexibility index (Phi) is 4.72. The van der Waals surface area contributed by atoms with Crippen LogP contribution in [0, 0.1) is 11.3 Å². The molecule has 25 heavy (non-hydrogen) atoms. The van der Waals surface area contributed by atoms with Gasteiger partial charge in [-0.1, -0.05) is 12.1 Å². The van der Waals surface area contributed by atoms with E-state index in [0.29, 0.717) is 31.8 Å². The highest BCUT2D eigenvalue weighted by atomic mass is 16.5. The van der Waals surface area contributed by atoms with E-state index in [1.807, 2.05) is 32.3 Å². The van der Waals surface area contributed by atoms with Crippen molar-refractivity contribution < 1.29 is 9.53 Å². The van der Waals surface area contributed by atoms with Crippen molar-refractivity contribution in [3.63, 3.8) is 0 Å². The van der Waals surface area contributed by atoms with Crippen molar-refractivity contribution in [2.24, 2.45) is 7.05 Å². The number of aryl methyl sites for hydroxylation is 1. The van der Waals surface area contributed by atoms with Crippen LogP contribution < -0.4 is 5.32 Å². The molecule has 1 aliphatic rings. The van der Waals surface area contributed by atoms with Crippen molar-refractivity contribution in [3.05, 3.63) is 53.3 Å². The fourth-order valence-corrected chi connectivity index (χ4v) is 2.95. The van der Waals surface area contributed by atoms with E-state index in [1.54, 1.807) is 27.9 Å². The minimum atomic E-state index is -0.565. The number of nitriles is 1. The number of urea groups is 1. The summed E-state index contributed by atoms with van der Waals surface area (Å²) in [6.45, 7) is 3.83. The van der Waals surface area contributed by atoms with Gasteiger partial charge in [0.2, 0.25) is 0 Å². The SMILES string of the molecule is Cn1cc([C@]2(C)CN(C(=O)NCc3cccc(C#N)c3)CCO2)cn1. The topological polar surface area (TPSA) is 83.2 Å². The molecule has 1 aliphatic heterocycles. The van der Waals surface area contributed by atoms with Crippen LogP contribution in [0.5, 0.6) is 0 Å². The van der Waals surface area contributed by atoms with Crippen molar-refractivity contribution >= 4 is 6.03 Å². The first-order chi connectivity index (χ1) is 12.0. The Hall–Kier alpha value is -2.85. The molecular formula is C18H21N5O2. The maximum atomic E-state index is 12.5. The average Bonchev–Trinajstić information content (AvgIpc) is 3.07. The number of benzene rings is 1. The van der Waals surface area contributed by atoms with Gasteiger partial charge in [-0.15, -0.1) is 0 Å². The van der Waals surface area contributed by atoms with Gasteiger partial charge in [-0.3, -0.25) is 4.68 Å². The predicted octanol–water partition coefficient (Wildman–Crippen LogP) is 1.75. The number of amides is 2. The highest BCUT2D eigenvalue weighted by Crippen LogP contribution is 2.29. The summed E-state index contributed by atoms with van der Waals surface area (Å²) in [7, 11) is 1.86. The molecule has 7 heteroatoms. The normalized spacial score (nSPS) is 20.1. The molecule has 1 aromatic carbocycles. The van der Waals surface area contributed by atoms with Gasteiger partial charge in [-0.2, -0.15) is 10.4 Å². The summed E-state index contributed by atoms with van der Waals surface area (Å²) in [5, 5.41) is 16.1. The molecule has 1 aromatic heterocycles. The summed E-state index contributed by atoms with van der Waals surface area (Å²) in [4.78, 5) is 14.3. The molecule has 0 bridgehead atoms. The molecule has 2 heterocycles. The number of hydrogen-bond donors (Lipinski definition) is 1. The van der Waals surface area contributed by atoms with Gasteiger partial charge in [-0.25, -0.2) is 4.79 Å². The van der Waals surface area contributed by atoms with Crippen molar-refractivity contribution in [3.8, 4) is 6.07 Å². The second kappa shape index (κ2) is 6.95. The summed E-state index contributed by atoms with van der Waals surface area (Å²) in [5.41, 5.74) is 1.87. The largest absolute Gasteiger partial charge is 0.367 e. The Labute approximate surface area is 146 Å². The molecule has 1 fully saturated rings. The van der Waals surface area contributed by atoms with E-state index in [0.717, 1.165) is 11.1 Å². The molecule has 1 N–H and O–H groups in total. The van der Waals surface area contributed by atoms with Crippen molar-refractivity contribution in [1.29, 1.82) is 5.26 Å². The van der Waals surface area contributed by atoms with Crippen LogP contribution in [0.4, 0.5) is 4.79 Å². The van der Waals surface area contributed by atoms with E-state index in [4.69, 9.17) is 10.00 Å². The van der Waals surface area contributed by atoms with E-state index in [2.05, 4.69) is 16.5 Å². The number of aromatic nitrogens is 2. The third kappa shape index (κ3) is 3.80. The number of carbonyl (C=O) groups is 1. The molecular weight excluding hydrogens is 318 g/mol. The summed E-state index contributed by atoms with van der Waals surface area (Å²) in [5.74, 6) is 0. The Balaban J connectivity index is 1.63. The van der Waals surface area contributed by atoms with Crippen LogP contribution in [0.15, 0.2) is 36.7 Å². The van der Waals surface area contributed by atoms with Crippen LogP contribution in [0.2, 0.25) is 0 Å². The zero-order chi connectivity index (χ0) is 17.9. The van der Waals surface area contributed by atoms with E-state index in [9.17, 15) is 4.79 Å². The highest BCUT2D eigenvalue weighted by Gasteiger charge is 2.36. The third-order valence-electron chi connectivity index (χ3n) is 4.38. The van der Waals surface area contributed by atoms with Crippen LogP contribution >= 0.6 is 0 Å². The molecule has 0 spiro atoms. The molecule has 2 aromatic rings. The standard InChI is InChI=1S/C18H21N5O2/c1-18(16-11-21-22(2)12-16)13-23(6-7-25-18)17(24)20-10-15-5-3-4-14(8-15)9-19/h3-5,8,11-12H,6-7,10,13H2,1-2H3,(H,20,24)/t18-/m0/s1. The van der Waals surface area contributed by atoms with Crippen molar-refractivity contribution in [2.75, 3.05) is 19.7 Å². The van der Waals surface area contributed by atoms with Gasteiger partial charge in [-0.05, 0) is 24.6 Å². The molecule has 0 radical (unpaired) electrons. The van der Waals surface area contributed by atoms with E-state index in [1.165, 1.54) is 0 Å². The van der Waals surface area contributed by atoms with Crippen molar-refractivity contribution in [2.45, 2.75) is 19.1 Å². The van der Waals surface area contributed by atoms with Crippen LogP contribution in [0.1, 0.15) is 23.6 Å². The molecule has 0 saturated carbocycles. The quantitative estimate of drug-likeness (QED) is 0.923. The van der Waals surface area contributed by atoms with Gasteiger partial charge < -0.3 is 15.0 Å². The first kappa shape index (κ1) is 17.0.